The van der Waals surface area contributed by atoms with Gasteiger partial charge < -0.3 is 4.98 Å². The lowest BCUT2D eigenvalue weighted by Crippen LogP contribution is -2.34. The third-order valence-corrected chi connectivity index (χ3v) is 5.09. The minimum Gasteiger partial charge on any atom is -0.348 e. The first-order valence-electron chi connectivity index (χ1n) is 7.23. The van der Waals surface area contributed by atoms with Crippen LogP contribution in [0.4, 0.5) is 0 Å². The van der Waals surface area contributed by atoms with Crippen molar-refractivity contribution in [2.75, 3.05) is 13.1 Å². The van der Waals surface area contributed by atoms with Crippen molar-refractivity contribution in [3.63, 3.8) is 0 Å². The van der Waals surface area contributed by atoms with E-state index in [0.717, 1.165) is 17.6 Å². The van der Waals surface area contributed by atoms with Gasteiger partial charge in [0.1, 0.15) is 5.82 Å². The predicted molar refractivity (Wildman–Crippen MR) is 83.9 cm³/mol. The van der Waals surface area contributed by atoms with Gasteiger partial charge in [-0.05, 0) is 45.0 Å². The summed E-state index contributed by atoms with van der Waals surface area (Å²) in [5.41, 5.74) is 1.35. The molecule has 3 rings (SSSR count). The molecule has 1 saturated heterocycles. The van der Waals surface area contributed by atoms with Gasteiger partial charge in [-0.15, -0.1) is 11.8 Å². The highest BCUT2D eigenvalue weighted by Gasteiger charge is 2.20. The van der Waals surface area contributed by atoms with Crippen LogP contribution in [0.3, 0.4) is 0 Å². The first-order valence-corrected chi connectivity index (χ1v) is 8.11. The average molecular weight is 287 g/mol. The quantitative estimate of drug-likeness (QED) is 0.934. The van der Waals surface area contributed by atoms with Gasteiger partial charge in [0.2, 0.25) is 0 Å². The highest BCUT2D eigenvalue weighted by molar-refractivity contribution is 8.00. The fraction of sp³-hybridized carbons (Fsp3) is 0.438. The van der Waals surface area contributed by atoms with E-state index in [9.17, 15) is 0 Å². The summed E-state index contributed by atoms with van der Waals surface area (Å²) in [5.74, 6) is 1.08. The number of aryl methyl sites for hydroxylation is 1. The van der Waals surface area contributed by atoms with Crippen molar-refractivity contribution >= 4 is 11.8 Å². The largest absolute Gasteiger partial charge is 0.348 e. The van der Waals surface area contributed by atoms with Crippen molar-refractivity contribution in [1.82, 2.24) is 14.9 Å². The third-order valence-electron chi connectivity index (χ3n) is 3.76. The lowest BCUT2D eigenvalue weighted by atomic mass is 10.1. The summed E-state index contributed by atoms with van der Waals surface area (Å²) in [4.78, 5) is 11.4. The number of benzene rings is 1. The molecular formula is C16H21N3S. The highest BCUT2D eigenvalue weighted by Crippen LogP contribution is 2.30. The normalized spacial score (nSPS) is 17.4. The number of nitrogens with one attached hydrogen (secondary N) is 1. The van der Waals surface area contributed by atoms with Crippen molar-refractivity contribution < 1.29 is 0 Å². The van der Waals surface area contributed by atoms with Gasteiger partial charge in [0.05, 0.1) is 6.54 Å². The van der Waals surface area contributed by atoms with Gasteiger partial charge in [-0.1, -0.05) is 17.7 Å². The van der Waals surface area contributed by atoms with Gasteiger partial charge in [-0.3, -0.25) is 4.90 Å². The standard InChI is InChI=1S/C16H21N3S/c1-13-3-2-4-15(11-13)20-14-5-9-19(10-6-14)12-16-17-7-8-18-16/h2-4,7-8,11,14H,5-6,9-10,12H2,1H3,(H,17,18). The fourth-order valence-corrected chi connectivity index (χ4v) is 3.91. The molecule has 3 nitrogen and oxygen atoms in total. The van der Waals surface area contributed by atoms with Crippen molar-refractivity contribution in [3.8, 4) is 0 Å². The SMILES string of the molecule is Cc1cccc(SC2CCN(Cc3ncc[nH]3)CC2)c1. The minimum absolute atomic E-state index is 0.754. The van der Waals surface area contributed by atoms with E-state index in [1.165, 1.54) is 36.4 Å². The molecule has 0 bridgehead atoms. The first-order chi connectivity index (χ1) is 9.79. The molecular weight excluding hydrogens is 266 g/mol. The molecule has 1 fully saturated rings. The summed E-state index contributed by atoms with van der Waals surface area (Å²) in [6, 6.07) is 8.84. The zero-order valence-corrected chi connectivity index (χ0v) is 12.7. The number of hydrogen-bond donors (Lipinski definition) is 1. The van der Waals surface area contributed by atoms with Crippen LogP contribution < -0.4 is 0 Å². The Morgan fingerprint density at radius 3 is 2.90 bits per heavy atom. The van der Waals surface area contributed by atoms with E-state index in [1.807, 2.05) is 24.2 Å². The van der Waals surface area contributed by atoms with Crippen molar-refractivity contribution in [2.45, 2.75) is 36.5 Å². The van der Waals surface area contributed by atoms with Crippen molar-refractivity contribution in [3.05, 3.63) is 48.0 Å². The second-order valence-corrected chi connectivity index (χ2v) is 6.82. The van der Waals surface area contributed by atoms with Gasteiger partial charge in [0.15, 0.2) is 0 Å². The van der Waals surface area contributed by atoms with E-state index in [1.54, 1.807) is 0 Å². The summed E-state index contributed by atoms with van der Waals surface area (Å²) in [6.07, 6.45) is 6.25. The van der Waals surface area contributed by atoms with Crippen LogP contribution >= 0.6 is 11.8 Å². The first kappa shape index (κ1) is 13.7. The Morgan fingerprint density at radius 2 is 2.20 bits per heavy atom. The number of piperidine rings is 1. The Labute approximate surface area is 124 Å². The van der Waals surface area contributed by atoms with Gasteiger partial charge in [-0.25, -0.2) is 4.98 Å². The van der Waals surface area contributed by atoms with E-state index in [-0.39, 0.29) is 0 Å². The second kappa shape index (κ2) is 6.46. The molecule has 2 aromatic rings. The monoisotopic (exact) mass is 287 g/mol. The van der Waals surface area contributed by atoms with Crippen LogP contribution in [0, 0.1) is 6.92 Å². The van der Waals surface area contributed by atoms with Crippen LogP contribution in [-0.2, 0) is 6.54 Å². The lowest BCUT2D eigenvalue weighted by molar-refractivity contribution is 0.220. The fourth-order valence-electron chi connectivity index (χ4n) is 2.66. The summed E-state index contributed by atoms with van der Waals surface area (Å²) in [7, 11) is 0. The van der Waals surface area contributed by atoms with Crippen LogP contribution in [0.5, 0.6) is 0 Å². The molecule has 1 N–H and O–H groups in total. The Morgan fingerprint density at radius 1 is 1.35 bits per heavy atom. The highest BCUT2D eigenvalue weighted by atomic mass is 32.2. The number of likely N-dealkylation sites (tertiary alicyclic amines) is 1. The number of thioether (sulfide) groups is 1. The van der Waals surface area contributed by atoms with E-state index in [4.69, 9.17) is 0 Å². The number of aromatic amines is 1. The van der Waals surface area contributed by atoms with E-state index >= 15 is 0 Å². The molecule has 1 aromatic carbocycles. The zero-order valence-electron chi connectivity index (χ0n) is 11.9. The van der Waals surface area contributed by atoms with Crippen LogP contribution in [0.15, 0.2) is 41.6 Å². The Hall–Kier alpha value is -1.26. The van der Waals surface area contributed by atoms with Crippen LogP contribution in [0.25, 0.3) is 0 Å². The van der Waals surface area contributed by atoms with E-state index in [0.29, 0.717) is 0 Å². The van der Waals surface area contributed by atoms with Gasteiger partial charge in [0.25, 0.3) is 0 Å². The number of H-pyrrole nitrogens is 1. The number of imidazole rings is 1. The van der Waals surface area contributed by atoms with Crippen LogP contribution in [0.1, 0.15) is 24.2 Å². The molecule has 1 aliphatic heterocycles. The molecule has 1 aromatic heterocycles. The number of aromatic nitrogens is 2. The topological polar surface area (TPSA) is 31.9 Å². The lowest BCUT2D eigenvalue weighted by Gasteiger charge is -2.31. The molecule has 0 amide bonds. The second-order valence-electron chi connectivity index (χ2n) is 5.45. The van der Waals surface area contributed by atoms with Crippen molar-refractivity contribution in [2.24, 2.45) is 0 Å². The molecule has 0 aliphatic carbocycles. The Bertz CT molecular complexity index is 530. The maximum atomic E-state index is 4.30. The molecule has 2 heterocycles. The van der Waals surface area contributed by atoms with Gasteiger partial charge in [-0.2, -0.15) is 0 Å². The Balaban J connectivity index is 1.48. The van der Waals surface area contributed by atoms with Crippen molar-refractivity contribution in [1.29, 1.82) is 0 Å². The third kappa shape index (κ3) is 3.64. The smallest absolute Gasteiger partial charge is 0.120 e. The molecule has 1 aliphatic rings. The predicted octanol–water partition coefficient (Wildman–Crippen LogP) is 3.47. The zero-order chi connectivity index (χ0) is 13.8. The van der Waals surface area contributed by atoms with Gasteiger partial charge in [0, 0.05) is 22.5 Å². The molecule has 20 heavy (non-hydrogen) atoms. The maximum Gasteiger partial charge on any atom is 0.120 e. The molecule has 0 saturated carbocycles. The van der Waals surface area contributed by atoms with Crippen LogP contribution in [0.2, 0.25) is 0 Å². The molecule has 4 heteroatoms. The number of rotatable bonds is 4. The van der Waals surface area contributed by atoms with Gasteiger partial charge >= 0.3 is 0 Å². The van der Waals surface area contributed by atoms with Crippen LogP contribution in [-0.4, -0.2) is 33.2 Å². The number of nitrogens with zero attached hydrogens (tertiary/aromatic N) is 2. The summed E-state index contributed by atoms with van der Waals surface area (Å²) >= 11 is 2.04. The minimum atomic E-state index is 0.754. The summed E-state index contributed by atoms with van der Waals surface area (Å²) < 4.78 is 0. The number of hydrogen-bond acceptors (Lipinski definition) is 3. The summed E-state index contributed by atoms with van der Waals surface area (Å²) in [6.45, 7) is 5.46. The molecule has 0 atom stereocenters. The van der Waals surface area contributed by atoms with E-state index in [2.05, 4.69) is 46.1 Å². The molecule has 0 radical (unpaired) electrons. The molecule has 106 valence electrons. The molecule has 0 unspecified atom stereocenters. The Kier molecular flexibility index (Phi) is 4.43. The van der Waals surface area contributed by atoms with E-state index < -0.39 is 0 Å². The molecule has 0 spiro atoms. The summed E-state index contributed by atoms with van der Waals surface area (Å²) in [5, 5.41) is 0.754. The average Bonchev–Trinajstić information content (AvgIpc) is 2.94. The maximum absolute atomic E-state index is 4.30.